The first kappa shape index (κ1) is 28.4. The van der Waals surface area contributed by atoms with Gasteiger partial charge in [0.2, 0.25) is 0 Å². The summed E-state index contributed by atoms with van der Waals surface area (Å²) in [4.78, 5) is 31.8. The number of aromatic nitrogens is 1. The van der Waals surface area contributed by atoms with Crippen molar-refractivity contribution < 1.29 is 38.7 Å². The van der Waals surface area contributed by atoms with Gasteiger partial charge in [-0.05, 0) is 73.0 Å². The highest BCUT2D eigenvalue weighted by atomic mass is 16.5. The third kappa shape index (κ3) is 5.07. The van der Waals surface area contributed by atoms with E-state index in [-0.39, 0.29) is 34.9 Å². The summed E-state index contributed by atoms with van der Waals surface area (Å²) in [6.45, 7) is 2.26. The first-order valence-electron chi connectivity index (χ1n) is 13.4. The molecule has 2 heterocycles. The summed E-state index contributed by atoms with van der Waals surface area (Å²) in [5.74, 6) is -0.299. The SMILES string of the molecule is CCOc1cc(C2/C(=C(/O)c3ccc(OC)c(OC)c3)C(=O)C(=O)N2CCc2c[nH]c3ccc(OC)cc23)ccc1O. The van der Waals surface area contributed by atoms with Crippen LogP contribution in [0.2, 0.25) is 0 Å². The number of aliphatic hydroxyl groups is 1. The van der Waals surface area contributed by atoms with Crippen molar-refractivity contribution in [3.8, 4) is 28.7 Å². The second kappa shape index (κ2) is 11.8. The molecule has 1 aromatic heterocycles. The predicted octanol–water partition coefficient (Wildman–Crippen LogP) is 4.96. The number of fused-ring (bicyclic) bond motifs is 1. The number of benzene rings is 3. The van der Waals surface area contributed by atoms with Crippen LogP contribution in [-0.4, -0.2) is 66.3 Å². The summed E-state index contributed by atoms with van der Waals surface area (Å²) in [5, 5.41) is 22.8. The Labute approximate surface area is 242 Å². The largest absolute Gasteiger partial charge is 0.507 e. The molecular weight excluding hydrogens is 540 g/mol. The molecule has 0 bridgehead atoms. The van der Waals surface area contributed by atoms with E-state index in [9.17, 15) is 19.8 Å². The van der Waals surface area contributed by atoms with Crippen molar-refractivity contribution in [3.63, 3.8) is 0 Å². The third-order valence-corrected chi connectivity index (χ3v) is 7.39. The van der Waals surface area contributed by atoms with Crippen molar-refractivity contribution >= 4 is 28.4 Å². The highest BCUT2D eigenvalue weighted by molar-refractivity contribution is 6.46. The number of nitrogens with zero attached hydrogens (tertiary/aromatic N) is 1. The third-order valence-electron chi connectivity index (χ3n) is 7.39. The van der Waals surface area contributed by atoms with E-state index >= 15 is 0 Å². The van der Waals surface area contributed by atoms with Gasteiger partial charge in [-0.3, -0.25) is 9.59 Å². The highest BCUT2D eigenvalue weighted by Gasteiger charge is 2.46. The first-order chi connectivity index (χ1) is 20.3. The standard InChI is InChI=1S/C32H32N2O8/c1-5-42-26-14-18(6-10-24(26)35)29-28(30(36)19-7-11-25(40-3)27(15-19)41-4)31(37)32(38)34(29)13-12-20-17-33-23-9-8-21(39-2)16-22(20)23/h6-11,14-17,29,33,35-36H,5,12-13H2,1-4H3/b30-28-. The van der Waals surface area contributed by atoms with Crippen molar-refractivity contribution in [3.05, 3.63) is 83.1 Å². The molecule has 5 rings (SSSR count). The number of carbonyl (C=O) groups is 2. The van der Waals surface area contributed by atoms with Crippen LogP contribution in [0.5, 0.6) is 28.7 Å². The smallest absolute Gasteiger partial charge is 0.295 e. The summed E-state index contributed by atoms with van der Waals surface area (Å²) in [5.41, 5.74) is 2.55. The number of ether oxygens (including phenoxy) is 4. The minimum atomic E-state index is -0.947. The Morgan fingerprint density at radius 1 is 0.929 bits per heavy atom. The predicted molar refractivity (Wildman–Crippen MR) is 156 cm³/mol. The fourth-order valence-corrected chi connectivity index (χ4v) is 5.30. The lowest BCUT2D eigenvalue weighted by molar-refractivity contribution is -0.139. The Kier molecular flexibility index (Phi) is 7.97. The lowest BCUT2D eigenvalue weighted by atomic mass is 9.94. The molecule has 1 aliphatic rings. The van der Waals surface area contributed by atoms with E-state index in [0.717, 1.165) is 16.5 Å². The van der Waals surface area contributed by atoms with Gasteiger partial charge in [0.25, 0.3) is 11.7 Å². The average molecular weight is 573 g/mol. The van der Waals surface area contributed by atoms with Gasteiger partial charge in [-0.1, -0.05) is 6.07 Å². The number of Topliss-reactive ketones (excluding diaryl/α,β-unsaturated/α-hetero) is 1. The van der Waals surface area contributed by atoms with E-state index < -0.39 is 17.7 Å². The lowest BCUT2D eigenvalue weighted by Gasteiger charge is -2.26. The van der Waals surface area contributed by atoms with Gasteiger partial charge in [0, 0.05) is 29.2 Å². The minimum Gasteiger partial charge on any atom is -0.507 e. The molecule has 218 valence electrons. The van der Waals surface area contributed by atoms with Gasteiger partial charge in [-0.25, -0.2) is 0 Å². The zero-order chi connectivity index (χ0) is 30.0. The normalized spacial score (nSPS) is 16.2. The number of likely N-dealkylation sites (tertiary alicyclic amines) is 1. The summed E-state index contributed by atoms with van der Waals surface area (Å²) < 4.78 is 21.6. The number of aliphatic hydroxyl groups excluding tert-OH is 1. The molecule has 3 N–H and O–H groups in total. The molecule has 4 aromatic rings. The molecule has 42 heavy (non-hydrogen) atoms. The Morgan fingerprint density at radius 3 is 2.43 bits per heavy atom. The quantitative estimate of drug-likeness (QED) is 0.138. The van der Waals surface area contributed by atoms with Crippen LogP contribution in [0.1, 0.15) is 29.7 Å². The first-order valence-corrected chi connectivity index (χ1v) is 13.4. The van der Waals surface area contributed by atoms with E-state index in [1.165, 1.54) is 25.2 Å². The van der Waals surface area contributed by atoms with Crippen molar-refractivity contribution in [2.45, 2.75) is 19.4 Å². The lowest BCUT2D eigenvalue weighted by Crippen LogP contribution is -2.31. The Morgan fingerprint density at radius 2 is 1.71 bits per heavy atom. The molecular formula is C32H32N2O8. The summed E-state index contributed by atoms with van der Waals surface area (Å²) in [6.07, 6.45) is 2.29. The fourth-order valence-electron chi connectivity index (χ4n) is 5.30. The van der Waals surface area contributed by atoms with Crippen molar-refractivity contribution in [2.24, 2.45) is 0 Å². The highest BCUT2D eigenvalue weighted by Crippen LogP contribution is 2.43. The van der Waals surface area contributed by atoms with Gasteiger partial charge in [0.1, 0.15) is 11.5 Å². The number of amides is 1. The summed E-state index contributed by atoms with van der Waals surface area (Å²) in [7, 11) is 4.56. The van der Waals surface area contributed by atoms with Gasteiger partial charge in [-0.15, -0.1) is 0 Å². The van der Waals surface area contributed by atoms with Crippen LogP contribution in [0, 0.1) is 0 Å². The molecule has 0 radical (unpaired) electrons. The number of ketones is 1. The molecule has 10 heteroatoms. The molecule has 1 atom stereocenters. The number of nitrogens with one attached hydrogen (secondary N) is 1. The topological polar surface area (TPSA) is 131 Å². The number of aromatic hydroxyl groups is 1. The summed E-state index contributed by atoms with van der Waals surface area (Å²) >= 11 is 0. The molecule has 3 aromatic carbocycles. The van der Waals surface area contributed by atoms with Crippen molar-refractivity contribution in [1.29, 1.82) is 0 Å². The maximum atomic E-state index is 13.6. The maximum Gasteiger partial charge on any atom is 0.295 e. The molecule has 10 nitrogen and oxygen atoms in total. The number of phenols is 1. The number of rotatable bonds is 10. The van der Waals surface area contributed by atoms with Gasteiger partial charge >= 0.3 is 0 Å². The number of hydrogen-bond donors (Lipinski definition) is 3. The Hall–Kier alpha value is -5.12. The van der Waals surface area contributed by atoms with Crippen molar-refractivity contribution in [1.82, 2.24) is 9.88 Å². The van der Waals surface area contributed by atoms with Crippen LogP contribution >= 0.6 is 0 Å². The molecule has 1 saturated heterocycles. The van der Waals surface area contributed by atoms with E-state index in [1.54, 1.807) is 44.4 Å². The van der Waals surface area contributed by atoms with Crippen molar-refractivity contribution in [2.75, 3.05) is 34.5 Å². The van der Waals surface area contributed by atoms with E-state index in [2.05, 4.69) is 4.98 Å². The number of phenolic OH excluding ortho intramolecular Hbond substituents is 1. The minimum absolute atomic E-state index is 0.0785. The molecule has 0 saturated carbocycles. The molecule has 1 amide bonds. The zero-order valence-corrected chi connectivity index (χ0v) is 23.8. The van der Waals surface area contributed by atoms with Crippen LogP contribution in [0.25, 0.3) is 16.7 Å². The van der Waals surface area contributed by atoms with E-state index in [1.807, 2.05) is 24.4 Å². The number of carbonyl (C=O) groups excluding carboxylic acids is 2. The maximum absolute atomic E-state index is 13.6. The molecule has 0 spiro atoms. The van der Waals surface area contributed by atoms with Gasteiger partial charge < -0.3 is 39.0 Å². The number of H-pyrrole nitrogens is 1. The molecule has 1 unspecified atom stereocenters. The molecule has 0 aliphatic carbocycles. The Balaban J connectivity index is 1.60. The number of aromatic amines is 1. The van der Waals surface area contributed by atoms with Crippen LogP contribution < -0.4 is 18.9 Å². The monoisotopic (exact) mass is 572 g/mol. The van der Waals surface area contributed by atoms with E-state index in [0.29, 0.717) is 35.8 Å². The van der Waals surface area contributed by atoms with Crippen LogP contribution in [-0.2, 0) is 16.0 Å². The average Bonchev–Trinajstić information content (AvgIpc) is 3.53. The van der Waals surface area contributed by atoms with Gasteiger partial charge in [0.05, 0.1) is 39.6 Å². The Bertz CT molecular complexity index is 1690. The van der Waals surface area contributed by atoms with E-state index in [4.69, 9.17) is 18.9 Å². The van der Waals surface area contributed by atoms with Crippen LogP contribution in [0.4, 0.5) is 0 Å². The van der Waals surface area contributed by atoms with Crippen LogP contribution in [0.3, 0.4) is 0 Å². The second-order valence-electron chi connectivity index (χ2n) is 9.70. The fraction of sp³-hybridized carbons (Fsp3) is 0.250. The molecule has 1 fully saturated rings. The summed E-state index contributed by atoms with van der Waals surface area (Å²) in [6, 6.07) is 14.1. The molecule has 1 aliphatic heterocycles. The number of methoxy groups -OCH3 is 3. The van der Waals surface area contributed by atoms with Gasteiger partial charge in [0.15, 0.2) is 23.0 Å². The van der Waals surface area contributed by atoms with Gasteiger partial charge in [-0.2, -0.15) is 0 Å². The number of hydrogen-bond acceptors (Lipinski definition) is 8. The van der Waals surface area contributed by atoms with Crippen LogP contribution in [0.15, 0.2) is 66.4 Å². The second-order valence-corrected chi connectivity index (χ2v) is 9.70. The zero-order valence-electron chi connectivity index (χ0n) is 23.8.